The third-order valence-electron chi connectivity index (χ3n) is 6.10. The van der Waals surface area contributed by atoms with Crippen LogP contribution in [0.25, 0.3) is 10.9 Å². The van der Waals surface area contributed by atoms with Crippen molar-refractivity contribution >= 4 is 28.4 Å². The molecule has 2 N–H and O–H groups in total. The Labute approximate surface area is 185 Å². The van der Waals surface area contributed by atoms with Crippen LogP contribution in [0.2, 0.25) is 0 Å². The van der Waals surface area contributed by atoms with Crippen molar-refractivity contribution in [1.82, 2.24) is 24.6 Å². The fourth-order valence-electron chi connectivity index (χ4n) is 4.78. The number of hydrogen-bond acceptors (Lipinski definition) is 6. The van der Waals surface area contributed by atoms with E-state index in [4.69, 9.17) is 0 Å². The Bertz CT molecular complexity index is 1200. The number of alkyl halides is 3. The lowest BCUT2D eigenvalue weighted by atomic mass is 9.99. The van der Waals surface area contributed by atoms with Gasteiger partial charge >= 0.3 is 6.18 Å². The lowest BCUT2D eigenvalue weighted by Crippen LogP contribution is -2.48. The molecule has 12 heteroatoms. The van der Waals surface area contributed by atoms with E-state index < -0.39 is 24.6 Å². The van der Waals surface area contributed by atoms with Crippen LogP contribution in [-0.2, 0) is 6.54 Å². The Morgan fingerprint density at radius 3 is 2.58 bits per heavy atom. The number of aliphatic hydroxyl groups is 1. The predicted molar refractivity (Wildman–Crippen MR) is 109 cm³/mol. The number of fused-ring (bicyclic) bond motifs is 3. The van der Waals surface area contributed by atoms with E-state index in [-0.39, 0.29) is 46.2 Å². The second-order valence-electron chi connectivity index (χ2n) is 8.42. The minimum atomic E-state index is -4.55. The molecule has 0 aromatic carbocycles. The van der Waals surface area contributed by atoms with Crippen molar-refractivity contribution in [3.63, 3.8) is 0 Å². The van der Waals surface area contributed by atoms with E-state index >= 15 is 0 Å². The number of piperidine rings is 1. The van der Waals surface area contributed by atoms with E-state index in [2.05, 4.69) is 20.4 Å². The maximum absolute atomic E-state index is 13.5. The van der Waals surface area contributed by atoms with E-state index in [0.717, 1.165) is 29.7 Å². The topological polar surface area (TPSA) is 96.2 Å². The minimum absolute atomic E-state index is 0.00884. The predicted octanol–water partition coefficient (Wildman–Crippen LogP) is 3.40. The Kier molecular flexibility index (Phi) is 5.19. The van der Waals surface area contributed by atoms with Crippen LogP contribution in [0.1, 0.15) is 36.2 Å². The van der Waals surface area contributed by atoms with Crippen LogP contribution in [-0.4, -0.2) is 60.0 Å². The summed E-state index contributed by atoms with van der Waals surface area (Å²) in [5.74, 6) is -0.867. The fraction of sp³-hybridized carbons (Fsp3) is 0.429. The molecule has 174 valence electrons. The smallest absolute Gasteiger partial charge is 0.393 e. The van der Waals surface area contributed by atoms with Crippen LogP contribution in [0.5, 0.6) is 0 Å². The van der Waals surface area contributed by atoms with Crippen molar-refractivity contribution in [1.29, 1.82) is 0 Å². The molecule has 0 saturated carbocycles. The number of anilines is 2. The first kappa shape index (κ1) is 21.6. The van der Waals surface area contributed by atoms with Gasteiger partial charge in [-0.2, -0.15) is 18.3 Å². The second kappa shape index (κ2) is 7.94. The molecule has 2 saturated heterocycles. The van der Waals surface area contributed by atoms with E-state index in [1.165, 1.54) is 18.5 Å². The van der Waals surface area contributed by atoms with Crippen LogP contribution in [0.3, 0.4) is 0 Å². The largest absolute Gasteiger partial charge is 0.408 e. The molecule has 2 unspecified atom stereocenters. The summed E-state index contributed by atoms with van der Waals surface area (Å²) in [7, 11) is 0. The van der Waals surface area contributed by atoms with Gasteiger partial charge in [0.05, 0.1) is 17.0 Å². The molecule has 0 spiro atoms. The van der Waals surface area contributed by atoms with E-state index in [9.17, 15) is 27.5 Å². The van der Waals surface area contributed by atoms with Crippen LogP contribution in [0.4, 0.5) is 29.2 Å². The molecular formula is C21H20F4N6O2. The Hall–Kier alpha value is -3.28. The summed E-state index contributed by atoms with van der Waals surface area (Å²) < 4.78 is 53.8. The Morgan fingerprint density at radius 2 is 1.91 bits per heavy atom. The third-order valence-corrected chi connectivity index (χ3v) is 6.10. The van der Waals surface area contributed by atoms with E-state index in [1.54, 1.807) is 4.90 Å². The van der Waals surface area contributed by atoms with Crippen LogP contribution < -0.4 is 5.32 Å². The quantitative estimate of drug-likeness (QED) is 0.575. The molecule has 33 heavy (non-hydrogen) atoms. The number of halogens is 4. The summed E-state index contributed by atoms with van der Waals surface area (Å²) in [4.78, 5) is 23.0. The van der Waals surface area contributed by atoms with Crippen molar-refractivity contribution in [3.05, 3.63) is 42.1 Å². The van der Waals surface area contributed by atoms with Gasteiger partial charge in [0, 0.05) is 30.5 Å². The highest BCUT2D eigenvalue weighted by atomic mass is 19.4. The molecule has 2 aliphatic rings. The first-order valence-electron chi connectivity index (χ1n) is 10.5. The summed E-state index contributed by atoms with van der Waals surface area (Å²) in [5.41, 5.74) is 0.0727. The number of rotatable bonds is 4. The average molecular weight is 464 g/mol. The van der Waals surface area contributed by atoms with Gasteiger partial charge in [-0.15, -0.1) is 0 Å². The summed E-state index contributed by atoms with van der Waals surface area (Å²) in [5, 5.41) is 16.9. The molecule has 2 fully saturated rings. The maximum Gasteiger partial charge on any atom is 0.408 e. The number of aliphatic hydroxyl groups excluding tert-OH is 1. The van der Waals surface area contributed by atoms with E-state index in [0.29, 0.717) is 12.8 Å². The molecule has 5 rings (SSSR count). The summed E-state index contributed by atoms with van der Waals surface area (Å²) in [6.07, 6.45) is -0.0113. The zero-order valence-corrected chi connectivity index (χ0v) is 17.3. The number of nitrogens with one attached hydrogen (secondary N) is 1. The van der Waals surface area contributed by atoms with E-state index in [1.807, 2.05) is 0 Å². The van der Waals surface area contributed by atoms with Crippen molar-refractivity contribution in [2.75, 3.05) is 5.32 Å². The highest BCUT2D eigenvalue weighted by Gasteiger charge is 2.43. The third kappa shape index (κ3) is 4.22. The number of amides is 1. The summed E-state index contributed by atoms with van der Waals surface area (Å²) >= 11 is 0. The average Bonchev–Trinajstić information content (AvgIpc) is 3.20. The number of carbonyl (C=O) groups excluding carboxylic acids is 1. The molecule has 0 aliphatic carbocycles. The Balaban J connectivity index is 1.52. The van der Waals surface area contributed by atoms with Crippen LogP contribution in [0, 0.1) is 5.82 Å². The van der Waals surface area contributed by atoms with Gasteiger partial charge in [0.25, 0.3) is 5.91 Å². The van der Waals surface area contributed by atoms with Gasteiger partial charge in [0.1, 0.15) is 23.9 Å². The molecular weight excluding hydrogens is 444 g/mol. The summed E-state index contributed by atoms with van der Waals surface area (Å²) in [6, 6.07) is 3.30. The molecule has 2 bridgehead atoms. The van der Waals surface area contributed by atoms with Gasteiger partial charge in [-0.05, 0) is 37.8 Å². The molecule has 3 aromatic heterocycles. The molecule has 3 aromatic rings. The fourth-order valence-corrected chi connectivity index (χ4v) is 4.78. The molecule has 5 heterocycles. The molecule has 0 radical (unpaired) electrons. The number of nitrogens with zero attached hydrogens (tertiary/aromatic N) is 5. The van der Waals surface area contributed by atoms with Crippen LogP contribution >= 0.6 is 0 Å². The highest BCUT2D eigenvalue weighted by Crippen LogP contribution is 2.37. The van der Waals surface area contributed by atoms with Gasteiger partial charge in [-0.1, -0.05) is 0 Å². The number of pyridine rings is 2. The first-order chi connectivity index (χ1) is 15.7. The molecule has 2 aliphatic heterocycles. The van der Waals surface area contributed by atoms with Gasteiger partial charge in [-0.25, -0.2) is 9.37 Å². The number of hydrogen-bond donors (Lipinski definition) is 2. The highest BCUT2D eigenvalue weighted by molar-refractivity contribution is 5.99. The zero-order chi connectivity index (χ0) is 23.3. The van der Waals surface area contributed by atoms with Gasteiger partial charge < -0.3 is 15.3 Å². The standard InChI is InChI=1S/C21H20F4N6O2/c22-11-3-4-26-18(5-11)28-19-15-9-27-16(8-17(15)30(29-19)10-21(23,24)25)20(33)31-12-1-2-13(31)7-14(32)6-12/h3-5,8-9,12-14,32H,1-2,6-7,10H2,(H,26,28,29). The van der Waals surface area contributed by atoms with Gasteiger partial charge in [0.2, 0.25) is 0 Å². The maximum atomic E-state index is 13.5. The van der Waals surface area contributed by atoms with Crippen molar-refractivity contribution in [3.8, 4) is 0 Å². The SMILES string of the molecule is O=C(c1cc2c(cn1)c(Nc1cc(F)ccn1)nn2CC(F)(F)F)N1C2CCC1CC(O)C2. The summed E-state index contributed by atoms with van der Waals surface area (Å²) in [6.45, 7) is -1.37. The molecule has 1 amide bonds. The van der Waals surface area contributed by atoms with Crippen LogP contribution in [0.15, 0.2) is 30.6 Å². The Morgan fingerprint density at radius 1 is 1.18 bits per heavy atom. The van der Waals surface area contributed by atoms with Crippen molar-refractivity contribution in [2.45, 2.75) is 56.6 Å². The monoisotopic (exact) mass is 464 g/mol. The first-order valence-corrected chi connectivity index (χ1v) is 10.5. The number of aromatic nitrogens is 4. The molecule has 8 nitrogen and oxygen atoms in total. The lowest BCUT2D eigenvalue weighted by molar-refractivity contribution is -0.141. The van der Waals surface area contributed by atoms with Gasteiger partial charge in [0.15, 0.2) is 5.82 Å². The lowest BCUT2D eigenvalue weighted by Gasteiger charge is -2.37. The van der Waals surface area contributed by atoms with Gasteiger partial charge in [-0.3, -0.25) is 14.5 Å². The zero-order valence-electron chi connectivity index (χ0n) is 17.3. The second-order valence-corrected chi connectivity index (χ2v) is 8.42. The van der Waals surface area contributed by atoms with Crippen molar-refractivity contribution < 1.29 is 27.5 Å². The van der Waals surface area contributed by atoms with Crippen molar-refractivity contribution in [2.24, 2.45) is 0 Å². The minimum Gasteiger partial charge on any atom is -0.393 e. The molecule has 2 atom stereocenters. The number of carbonyl (C=O) groups is 1. The normalized spacial score (nSPS) is 22.7.